The van der Waals surface area contributed by atoms with Crippen molar-refractivity contribution >= 4 is 0 Å². The molecule has 4 rings (SSSR count). The summed E-state index contributed by atoms with van der Waals surface area (Å²) in [6.07, 6.45) is 0.996. The number of halogens is 1. The molecule has 2 heterocycles. The Hall–Kier alpha value is -2.11. The van der Waals surface area contributed by atoms with E-state index < -0.39 is 0 Å². The van der Waals surface area contributed by atoms with Gasteiger partial charge in [0.2, 0.25) is 6.79 Å². The standard InChI is InChI=1S/C19H20FNO3/c20-16-4-1-14(2-5-16)11-21-7-8-22-17(12-21)9-15-3-6-18-19(10-15)24-13-23-18/h1-6,10,17H,7-9,11-13H2. The molecule has 0 N–H and O–H groups in total. The number of rotatable bonds is 4. The molecule has 1 saturated heterocycles. The molecule has 1 unspecified atom stereocenters. The Morgan fingerprint density at radius 3 is 2.67 bits per heavy atom. The van der Waals surface area contributed by atoms with Gasteiger partial charge in [-0.15, -0.1) is 0 Å². The smallest absolute Gasteiger partial charge is 0.231 e. The lowest BCUT2D eigenvalue weighted by molar-refractivity contribution is -0.0305. The summed E-state index contributed by atoms with van der Waals surface area (Å²) in [5, 5.41) is 0. The van der Waals surface area contributed by atoms with Crippen molar-refractivity contribution in [1.82, 2.24) is 4.90 Å². The fourth-order valence-corrected chi connectivity index (χ4v) is 3.23. The van der Waals surface area contributed by atoms with E-state index in [0.717, 1.165) is 49.7 Å². The predicted octanol–water partition coefficient (Wildman–Crippen LogP) is 3.00. The third-order valence-corrected chi connectivity index (χ3v) is 4.44. The molecule has 24 heavy (non-hydrogen) atoms. The van der Waals surface area contributed by atoms with Crippen LogP contribution < -0.4 is 9.47 Å². The van der Waals surface area contributed by atoms with Crippen LogP contribution in [-0.2, 0) is 17.7 Å². The van der Waals surface area contributed by atoms with E-state index in [4.69, 9.17) is 14.2 Å². The van der Waals surface area contributed by atoms with Gasteiger partial charge in [0, 0.05) is 26.1 Å². The van der Waals surface area contributed by atoms with Gasteiger partial charge < -0.3 is 14.2 Å². The molecule has 0 saturated carbocycles. The Morgan fingerprint density at radius 1 is 1.00 bits per heavy atom. The highest BCUT2D eigenvalue weighted by molar-refractivity contribution is 5.44. The zero-order valence-corrected chi connectivity index (χ0v) is 13.4. The van der Waals surface area contributed by atoms with Crippen molar-refractivity contribution in [1.29, 1.82) is 0 Å². The molecule has 1 fully saturated rings. The normalized spacial score (nSPS) is 20.3. The minimum atomic E-state index is -0.193. The van der Waals surface area contributed by atoms with E-state index >= 15 is 0 Å². The van der Waals surface area contributed by atoms with E-state index in [9.17, 15) is 4.39 Å². The lowest BCUT2D eigenvalue weighted by Gasteiger charge is -2.33. The lowest BCUT2D eigenvalue weighted by Crippen LogP contribution is -2.42. The Balaban J connectivity index is 1.37. The second-order valence-corrected chi connectivity index (χ2v) is 6.25. The molecule has 2 aromatic rings. The summed E-state index contributed by atoms with van der Waals surface area (Å²) in [7, 11) is 0. The molecule has 0 aliphatic carbocycles. The largest absolute Gasteiger partial charge is 0.454 e. The first-order chi connectivity index (χ1) is 11.8. The molecule has 0 spiro atoms. The maximum absolute atomic E-state index is 13.0. The molecule has 5 heteroatoms. The Labute approximate surface area is 140 Å². The van der Waals surface area contributed by atoms with Crippen molar-refractivity contribution in [3.63, 3.8) is 0 Å². The number of hydrogen-bond acceptors (Lipinski definition) is 4. The van der Waals surface area contributed by atoms with Crippen LogP contribution >= 0.6 is 0 Å². The van der Waals surface area contributed by atoms with Crippen LogP contribution in [-0.4, -0.2) is 37.5 Å². The van der Waals surface area contributed by atoms with Gasteiger partial charge in [0.25, 0.3) is 0 Å². The van der Waals surface area contributed by atoms with Gasteiger partial charge in [-0.2, -0.15) is 0 Å². The van der Waals surface area contributed by atoms with Gasteiger partial charge in [0.05, 0.1) is 12.7 Å². The third-order valence-electron chi connectivity index (χ3n) is 4.44. The van der Waals surface area contributed by atoms with Crippen molar-refractivity contribution < 1.29 is 18.6 Å². The first kappa shape index (κ1) is 15.4. The van der Waals surface area contributed by atoms with Gasteiger partial charge >= 0.3 is 0 Å². The van der Waals surface area contributed by atoms with Gasteiger partial charge in [-0.25, -0.2) is 4.39 Å². The second-order valence-electron chi connectivity index (χ2n) is 6.25. The number of hydrogen-bond donors (Lipinski definition) is 0. The summed E-state index contributed by atoms with van der Waals surface area (Å²) in [6, 6.07) is 12.8. The molecule has 0 radical (unpaired) electrons. The third kappa shape index (κ3) is 3.52. The molecule has 0 amide bonds. The molecule has 1 atom stereocenters. The van der Waals surface area contributed by atoms with Gasteiger partial charge in [-0.1, -0.05) is 18.2 Å². The summed E-state index contributed by atoms with van der Waals surface area (Å²) < 4.78 is 29.7. The van der Waals surface area contributed by atoms with Crippen molar-refractivity contribution in [2.24, 2.45) is 0 Å². The molecule has 2 aliphatic heterocycles. The van der Waals surface area contributed by atoms with Crippen molar-refractivity contribution in [3.05, 3.63) is 59.4 Å². The Bertz CT molecular complexity index is 704. The number of nitrogens with zero attached hydrogens (tertiary/aromatic N) is 1. The lowest BCUT2D eigenvalue weighted by atomic mass is 10.1. The first-order valence-electron chi connectivity index (χ1n) is 8.23. The van der Waals surface area contributed by atoms with Gasteiger partial charge in [-0.3, -0.25) is 4.90 Å². The minimum absolute atomic E-state index is 0.152. The average Bonchev–Trinajstić information content (AvgIpc) is 3.05. The van der Waals surface area contributed by atoms with E-state index in [0.29, 0.717) is 6.79 Å². The zero-order chi connectivity index (χ0) is 16.4. The number of fused-ring (bicyclic) bond motifs is 1. The maximum atomic E-state index is 13.0. The highest BCUT2D eigenvalue weighted by atomic mass is 19.1. The van der Waals surface area contributed by atoms with Gasteiger partial charge in [0.1, 0.15) is 5.82 Å². The van der Waals surface area contributed by atoms with E-state index in [1.165, 1.54) is 17.7 Å². The molecule has 4 nitrogen and oxygen atoms in total. The Kier molecular flexibility index (Phi) is 4.36. The van der Waals surface area contributed by atoms with Crippen LogP contribution in [0.2, 0.25) is 0 Å². The van der Waals surface area contributed by atoms with Crippen LogP contribution in [0.15, 0.2) is 42.5 Å². The van der Waals surface area contributed by atoms with E-state index in [1.54, 1.807) is 0 Å². The highest BCUT2D eigenvalue weighted by Gasteiger charge is 2.22. The quantitative estimate of drug-likeness (QED) is 0.863. The molecule has 2 aromatic carbocycles. The summed E-state index contributed by atoms with van der Waals surface area (Å²) in [4.78, 5) is 2.36. The topological polar surface area (TPSA) is 30.9 Å². The van der Waals surface area contributed by atoms with Crippen LogP contribution in [0, 0.1) is 5.82 Å². The Morgan fingerprint density at radius 2 is 1.79 bits per heavy atom. The number of benzene rings is 2. The number of ether oxygens (including phenoxy) is 3. The van der Waals surface area contributed by atoms with Crippen LogP contribution in [0.25, 0.3) is 0 Å². The first-order valence-corrected chi connectivity index (χ1v) is 8.23. The summed E-state index contributed by atoms with van der Waals surface area (Å²) in [5.41, 5.74) is 2.31. The monoisotopic (exact) mass is 329 g/mol. The van der Waals surface area contributed by atoms with Crippen molar-refractivity contribution in [2.75, 3.05) is 26.5 Å². The summed E-state index contributed by atoms with van der Waals surface area (Å²) in [5.74, 6) is 1.43. The fourth-order valence-electron chi connectivity index (χ4n) is 3.23. The van der Waals surface area contributed by atoms with Crippen LogP contribution in [0.4, 0.5) is 4.39 Å². The molecule has 0 bridgehead atoms. The highest BCUT2D eigenvalue weighted by Crippen LogP contribution is 2.33. The molecule has 126 valence electrons. The molecule has 0 aromatic heterocycles. The maximum Gasteiger partial charge on any atom is 0.231 e. The summed E-state index contributed by atoms with van der Waals surface area (Å²) >= 11 is 0. The van der Waals surface area contributed by atoms with E-state index in [1.807, 2.05) is 24.3 Å². The SMILES string of the molecule is Fc1ccc(CN2CCOC(Cc3ccc4c(c3)OCO4)C2)cc1. The number of morpholine rings is 1. The molecule has 2 aliphatic rings. The van der Waals surface area contributed by atoms with Crippen LogP contribution in [0.3, 0.4) is 0 Å². The zero-order valence-electron chi connectivity index (χ0n) is 13.4. The van der Waals surface area contributed by atoms with Crippen molar-refractivity contribution in [2.45, 2.75) is 19.1 Å². The average molecular weight is 329 g/mol. The van der Waals surface area contributed by atoms with E-state index in [-0.39, 0.29) is 11.9 Å². The van der Waals surface area contributed by atoms with E-state index in [2.05, 4.69) is 11.0 Å². The fraction of sp³-hybridized carbons (Fsp3) is 0.368. The predicted molar refractivity (Wildman–Crippen MR) is 87.7 cm³/mol. The summed E-state index contributed by atoms with van der Waals surface area (Å²) in [6.45, 7) is 3.60. The van der Waals surface area contributed by atoms with Crippen LogP contribution in [0.5, 0.6) is 11.5 Å². The second kappa shape index (κ2) is 6.79. The van der Waals surface area contributed by atoms with Crippen LogP contribution in [0.1, 0.15) is 11.1 Å². The van der Waals surface area contributed by atoms with Gasteiger partial charge in [0.15, 0.2) is 11.5 Å². The molecular formula is C19H20FNO3. The minimum Gasteiger partial charge on any atom is -0.454 e. The van der Waals surface area contributed by atoms with Gasteiger partial charge in [-0.05, 0) is 35.4 Å². The molecular weight excluding hydrogens is 309 g/mol. The van der Waals surface area contributed by atoms with Crippen molar-refractivity contribution in [3.8, 4) is 11.5 Å².